The third kappa shape index (κ3) is 5.95. The van der Waals surface area contributed by atoms with Gasteiger partial charge in [-0.1, -0.05) is 20.3 Å². The fourth-order valence-electron chi connectivity index (χ4n) is 1.04. The van der Waals surface area contributed by atoms with E-state index in [1.807, 2.05) is 6.92 Å². The molecule has 0 aromatic carbocycles. The number of unbranched alkanes of at least 4 members (excludes halogenated alkanes) is 1. The minimum absolute atomic E-state index is 0.530. The third-order valence-electron chi connectivity index (χ3n) is 1.66. The van der Waals surface area contributed by atoms with E-state index in [1.54, 1.807) is 0 Å². The molecule has 0 N–H and O–H groups in total. The van der Waals surface area contributed by atoms with Crippen molar-refractivity contribution in [2.24, 2.45) is 0 Å². The molecule has 0 aliphatic heterocycles. The van der Waals surface area contributed by atoms with Gasteiger partial charge < -0.3 is 0 Å². The molecule has 0 rings (SSSR count). The zero-order chi connectivity index (χ0) is 10.1. The first kappa shape index (κ1) is 12.8. The number of rotatable bonds is 7. The molecule has 1 atom stereocenters. The van der Waals surface area contributed by atoms with Crippen molar-refractivity contribution < 1.29 is 9.09 Å². The van der Waals surface area contributed by atoms with Crippen LogP contribution in [0.3, 0.4) is 0 Å². The molecule has 0 aromatic heterocycles. The third-order valence-corrected chi connectivity index (χ3v) is 3.02. The molecular weight excluding hydrogens is 183 g/mol. The van der Waals surface area contributed by atoms with Gasteiger partial charge in [0.05, 0.1) is 0 Å². The zero-order valence-corrected chi connectivity index (χ0v) is 9.77. The van der Waals surface area contributed by atoms with Crippen molar-refractivity contribution in [3.05, 3.63) is 11.4 Å². The summed E-state index contributed by atoms with van der Waals surface area (Å²) in [6.45, 7) is 6.61. The van der Waals surface area contributed by atoms with Gasteiger partial charge in [0.2, 0.25) is 0 Å². The number of hydrogen-bond donors (Lipinski definition) is 0. The predicted molar refractivity (Wildman–Crippen MR) is 57.1 cm³/mol. The molecule has 0 radical (unpaired) electrons. The Morgan fingerprint density at radius 2 is 2.00 bits per heavy atom. The van der Waals surface area contributed by atoms with Crippen LogP contribution in [-0.4, -0.2) is 6.61 Å². The van der Waals surface area contributed by atoms with Crippen LogP contribution in [0.15, 0.2) is 11.4 Å². The molecule has 0 aliphatic rings. The van der Waals surface area contributed by atoms with Crippen molar-refractivity contribution in [1.82, 2.24) is 0 Å². The molecule has 0 fully saturated rings. The summed E-state index contributed by atoms with van der Waals surface area (Å²) in [5.41, 5.74) is 0. The van der Waals surface area contributed by atoms with E-state index < -0.39 is 8.03 Å². The monoisotopic (exact) mass is 203 g/mol. The van der Waals surface area contributed by atoms with Crippen molar-refractivity contribution in [1.29, 1.82) is 0 Å². The Morgan fingerprint density at radius 3 is 2.46 bits per heavy atom. The van der Waals surface area contributed by atoms with Crippen LogP contribution in [0.25, 0.3) is 0 Å². The van der Waals surface area contributed by atoms with E-state index in [4.69, 9.17) is 4.52 Å². The molecule has 76 valence electrons. The second-order valence-electron chi connectivity index (χ2n) is 2.91. The molecule has 0 amide bonds. The second-order valence-corrected chi connectivity index (χ2v) is 4.26. The van der Waals surface area contributed by atoms with E-state index in [1.165, 1.54) is 0 Å². The highest BCUT2D eigenvalue weighted by Gasteiger charge is 2.23. The first-order chi connectivity index (χ1) is 6.26. The Bertz CT molecular complexity index is 176. The summed E-state index contributed by atoms with van der Waals surface area (Å²) >= 11 is 0. The van der Waals surface area contributed by atoms with Gasteiger partial charge in [-0.15, -0.1) is 4.52 Å². The molecule has 0 bridgehead atoms. The molecule has 0 saturated carbocycles. The molecule has 0 aliphatic carbocycles. The summed E-state index contributed by atoms with van der Waals surface area (Å²) in [7, 11) is -1.55. The first-order valence-electron chi connectivity index (χ1n) is 5.05. The summed E-state index contributed by atoms with van der Waals surface area (Å²) in [4.78, 5) is 0. The van der Waals surface area contributed by atoms with E-state index in [0.29, 0.717) is 6.61 Å². The molecule has 0 heterocycles. The Hall–Kier alpha value is -0.200. The van der Waals surface area contributed by atoms with Gasteiger partial charge in [0.15, 0.2) is 5.31 Å². The minimum Gasteiger partial charge on any atom is -0.142 e. The lowest BCUT2D eigenvalue weighted by molar-refractivity contribution is 0.354. The van der Waals surface area contributed by atoms with Crippen LogP contribution in [0, 0.1) is 0 Å². The topological polar surface area (TPSA) is 26.3 Å². The lowest BCUT2D eigenvalue weighted by Gasteiger charge is -1.92. The van der Waals surface area contributed by atoms with Crippen LogP contribution in [0.1, 0.15) is 46.5 Å². The maximum atomic E-state index is 11.5. The molecule has 2 nitrogen and oxygen atoms in total. The smallest absolute Gasteiger partial charge is 0.142 e. The van der Waals surface area contributed by atoms with Gasteiger partial charge in [0, 0.05) is 6.42 Å². The SMILES string of the molecule is CCC/C=C(\CCC)[P+](=O)OCC. The van der Waals surface area contributed by atoms with Crippen LogP contribution >= 0.6 is 8.03 Å². The summed E-state index contributed by atoms with van der Waals surface area (Å²) in [5.74, 6) is 0. The van der Waals surface area contributed by atoms with Crippen molar-refractivity contribution in [3.8, 4) is 0 Å². The van der Waals surface area contributed by atoms with E-state index in [-0.39, 0.29) is 0 Å². The Balaban J connectivity index is 4.13. The average Bonchev–Trinajstić information content (AvgIpc) is 2.12. The first-order valence-corrected chi connectivity index (χ1v) is 6.23. The van der Waals surface area contributed by atoms with E-state index in [0.717, 1.165) is 31.0 Å². The van der Waals surface area contributed by atoms with Crippen molar-refractivity contribution in [3.63, 3.8) is 0 Å². The summed E-state index contributed by atoms with van der Waals surface area (Å²) in [5, 5.41) is 0.987. The molecule has 0 aromatic rings. The lowest BCUT2D eigenvalue weighted by Crippen LogP contribution is -1.83. The summed E-state index contributed by atoms with van der Waals surface area (Å²) in [6.07, 6.45) is 6.10. The van der Waals surface area contributed by atoms with Gasteiger partial charge in [-0.25, -0.2) is 0 Å². The molecule has 3 heteroatoms. The maximum absolute atomic E-state index is 11.5. The van der Waals surface area contributed by atoms with Crippen molar-refractivity contribution in [2.45, 2.75) is 46.5 Å². The normalized spacial score (nSPS) is 13.2. The van der Waals surface area contributed by atoms with Crippen LogP contribution in [0.4, 0.5) is 0 Å². The fourth-order valence-corrected chi connectivity index (χ4v) is 2.12. The van der Waals surface area contributed by atoms with E-state index >= 15 is 0 Å². The lowest BCUT2D eigenvalue weighted by atomic mass is 10.2. The highest BCUT2D eigenvalue weighted by molar-refractivity contribution is 7.44. The molecule has 0 saturated heterocycles. The van der Waals surface area contributed by atoms with Crippen LogP contribution in [0.5, 0.6) is 0 Å². The Labute approximate surface area is 82.2 Å². The van der Waals surface area contributed by atoms with Crippen molar-refractivity contribution in [2.75, 3.05) is 6.61 Å². The molecule has 1 unspecified atom stereocenters. The largest absolute Gasteiger partial charge is 0.543 e. The Morgan fingerprint density at radius 1 is 1.31 bits per heavy atom. The molecule has 13 heavy (non-hydrogen) atoms. The van der Waals surface area contributed by atoms with Gasteiger partial charge in [-0.3, -0.25) is 0 Å². The summed E-state index contributed by atoms with van der Waals surface area (Å²) in [6, 6.07) is 0. The van der Waals surface area contributed by atoms with E-state index in [9.17, 15) is 4.57 Å². The molecular formula is C10H20O2P+. The zero-order valence-electron chi connectivity index (χ0n) is 8.88. The standard InChI is InChI=1S/C10H20O2P/c1-4-7-9-10(8-5-2)13(11)12-6-3/h9H,4-8H2,1-3H3/q+1/b10-9+. The fraction of sp³-hybridized carbons (Fsp3) is 0.800. The second kappa shape index (κ2) is 8.40. The minimum atomic E-state index is -1.55. The number of hydrogen-bond acceptors (Lipinski definition) is 2. The summed E-state index contributed by atoms with van der Waals surface area (Å²) < 4.78 is 16.6. The van der Waals surface area contributed by atoms with E-state index in [2.05, 4.69) is 19.9 Å². The Kier molecular flexibility index (Phi) is 8.27. The number of allylic oxidation sites excluding steroid dienone is 2. The quantitative estimate of drug-likeness (QED) is 0.578. The van der Waals surface area contributed by atoms with Gasteiger partial charge >= 0.3 is 8.03 Å². The van der Waals surface area contributed by atoms with Gasteiger partial charge in [0.25, 0.3) is 0 Å². The van der Waals surface area contributed by atoms with Crippen LogP contribution in [-0.2, 0) is 9.09 Å². The highest BCUT2D eigenvalue weighted by Crippen LogP contribution is 2.36. The van der Waals surface area contributed by atoms with Crippen molar-refractivity contribution >= 4 is 8.03 Å². The average molecular weight is 203 g/mol. The molecule has 0 spiro atoms. The van der Waals surface area contributed by atoms with Crippen LogP contribution < -0.4 is 0 Å². The van der Waals surface area contributed by atoms with Crippen LogP contribution in [0.2, 0.25) is 0 Å². The van der Waals surface area contributed by atoms with Gasteiger partial charge in [-0.05, 0) is 30.4 Å². The predicted octanol–water partition coefficient (Wildman–Crippen LogP) is 4.25. The van der Waals surface area contributed by atoms with Gasteiger partial charge in [-0.2, -0.15) is 0 Å². The maximum Gasteiger partial charge on any atom is 0.543 e. The van der Waals surface area contributed by atoms with Gasteiger partial charge in [0.1, 0.15) is 6.61 Å². The highest BCUT2D eigenvalue weighted by atomic mass is 31.1.